The number of carbonyl (C=O) groups is 1. The third kappa shape index (κ3) is 4.20. The number of rotatable bonds is 6. The van der Waals surface area contributed by atoms with Gasteiger partial charge in [-0.1, -0.05) is 49.1 Å². The Labute approximate surface area is 182 Å². The van der Waals surface area contributed by atoms with Crippen LogP contribution in [0.1, 0.15) is 60.4 Å². The van der Waals surface area contributed by atoms with E-state index in [0.29, 0.717) is 23.9 Å². The van der Waals surface area contributed by atoms with Crippen molar-refractivity contribution in [3.8, 4) is 5.75 Å². The van der Waals surface area contributed by atoms with Gasteiger partial charge in [-0.25, -0.2) is 0 Å². The molecule has 0 bridgehead atoms. The smallest absolute Gasteiger partial charge is 0.255 e. The second-order valence-corrected chi connectivity index (χ2v) is 8.80. The van der Waals surface area contributed by atoms with E-state index in [1.54, 1.807) is 18.2 Å². The summed E-state index contributed by atoms with van der Waals surface area (Å²) >= 11 is 6.63. The number of benzene rings is 2. The molecule has 0 saturated heterocycles. The number of nitrogens with zero attached hydrogens (tertiary/aromatic N) is 1. The summed E-state index contributed by atoms with van der Waals surface area (Å²) < 4.78 is 2.16. The monoisotopic (exact) mass is 424 g/mol. The van der Waals surface area contributed by atoms with Gasteiger partial charge < -0.3 is 15.0 Å². The van der Waals surface area contributed by atoms with Crippen molar-refractivity contribution in [1.82, 2.24) is 9.88 Å². The number of amides is 1. The number of para-hydroxylation sites is 1. The maximum Gasteiger partial charge on any atom is 0.255 e. The second kappa shape index (κ2) is 9.13. The van der Waals surface area contributed by atoms with Crippen molar-refractivity contribution in [1.29, 1.82) is 0 Å². The third-order valence-corrected chi connectivity index (χ3v) is 6.82. The molecule has 1 unspecified atom stereocenters. The van der Waals surface area contributed by atoms with Crippen LogP contribution in [0.2, 0.25) is 5.02 Å². The third-order valence-electron chi connectivity index (χ3n) is 6.50. The Hall–Kier alpha value is -2.46. The number of phenols is 1. The van der Waals surface area contributed by atoms with E-state index >= 15 is 0 Å². The van der Waals surface area contributed by atoms with Gasteiger partial charge >= 0.3 is 0 Å². The molecule has 0 aliphatic heterocycles. The van der Waals surface area contributed by atoms with Gasteiger partial charge in [0.15, 0.2) is 0 Å². The Morgan fingerprint density at radius 2 is 1.93 bits per heavy atom. The van der Waals surface area contributed by atoms with Crippen LogP contribution in [0.5, 0.6) is 5.75 Å². The topological polar surface area (TPSA) is 54.3 Å². The predicted molar refractivity (Wildman–Crippen MR) is 122 cm³/mol. The highest BCUT2D eigenvalue weighted by Gasteiger charge is 2.28. The number of nitrogens with one attached hydrogen (secondary N) is 1. The lowest BCUT2D eigenvalue weighted by molar-refractivity contribution is 0.0948. The predicted octanol–water partition coefficient (Wildman–Crippen LogP) is 6.02. The molecular formula is C25H29ClN2O2. The van der Waals surface area contributed by atoms with Crippen molar-refractivity contribution in [2.45, 2.75) is 44.4 Å². The van der Waals surface area contributed by atoms with E-state index in [1.165, 1.54) is 43.7 Å². The van der Waals surface area contributed by atoms with E-state index in [9.17, 15) is 9.90 Å². The van der Waals surface area contributed by atoms with Gasteiger partial charge in [-0.05, 0) is 60.9 Å². The molecule has 1 aromatic heterocycles. The van der Waals surface area contributed by atoms with E-state index in [-0.39, 0.29) is 11.7 Å². The quantitative estimate of drug-likeness (QED) is 0.508. The van der Waals surface area contributed by atoms with Gasteiger partial charge in [0.05, 0.1) is 10.6 Å². The molecule has 1 amide bonds. The summed E-state index contributed by atoms with van der Waals surface area (Å²) in [4.78, 5) is 12.5. The first-order chi connectivity index (χ1) is 14.6. The van der Waals surface area contributed by atoms with Crippen LogP contribution in [0.25, 0.3) is 10.9 Å². The molecule has 30 heavy (non-hydrogen) atoms. The summed E-state index contributed by atoms with van der Waals surface area (Å²) in [6.07, 6.45) is 9.37. The molecular weight excluding hydrogens is 396 g/mol. The van der Waals surface area contributed by atoms with Gasteiger partial charge in [-0.15, -0.1) is 0 Å². The van der Waals surface area contributed by atoms with Crippen LogP contribution < -0.4 is 5.32 Å². The van der Waals surface area contributed by atoms with E-state index < -0.39 is 0 Å². The van der Waals surface area contributed by atoms with Crippen molar-refractivity contribution in [2.75, 3.05) is 6.54 Å². The fourth-order valence-corrected chi connectivity index (χ4v) is 5.28. The largest absolute Gasteiger partial charge is 0.507 e. The Morgan fingerprint density at radius 1 is 1.17 bits per heavy atom. The van der Waals surface area contributed by atoms with Crippen LogP contribution in [-0.4, -0.2) is 22.1 Å². The zero-order valence-electron chi connectivity index (χ0n) is 17.4. The van der Waals surface area contributed by atoms with E-state index in [2.05, 4.69) is 29.2 Å². The number of hydrogen-bond donors (Lipinski definition) is 2. The van der Waals surface area contributed by atoms with Crippen LogP contribution in [0, 0.1) is 5.92 Å². The van der Waals surface area contributed by atoms with Crippen LogP contribution in [0.4, 0.5) is 0 Å². The molecule has 5 heteroatoms. The Bertz CT molecular complexity index is 1040. The van der Waals surface area contributed by atoms with Gasteiger partial charge in [-0.2, -0.15) is 0 Å². The molecule has 3 aromatic rings. The number of hydrogen-bond acceptors (Lipinski definition) is 2. The molecule has 1 fully saturated rings. The van der Waals surface area contributed by atoms with Gasteiger partial charge in [-0.3, -0.25) is 4.79 Å². The van der Waals surface area contributed by atoms with Crippen molar-refractivity contribution in [3.63, 3.8) is 0 Å². The summed E-state index contributed by atoms with van der Waals surface area (Å²) in [5, 5.41) is 14.9. The average Bonchev–Trinajstić information content (AvgIpc) is 3.09. The summed E-state index contributed by atoms with van der Waals surface area (Å²) in [6.45, 7) is 0.565. The zero-order valence-corrected chi connectivity index (χ0v) is 18.2. The van der Waals surface area contributed by atoms with E-state index in [0.717, 1.165) is 22.3 Å². The molecule has 1 aliphatic rings. The minimum absolute atomic E-state index is 0.0136. The molecule has 2 N–H and O–H groups in total. The van der Waals surface area contributed by atoms with Crippen molar-refractivity contribution in [3.05, 3.63) is 64.8 Å². The first kappa shape index (κ1) is 20.8. The highest BCUT2D eigenvalue weighted by atomic mass is 35.5. The minimum Gasteiger partial charge on any atom is -0.507 e. The van der Waals surface area contributed by atoms with Crippen molar-refractivity contribution >= 4 is 28.4 Å². The molecule has 0 spiro atoms. The number of aryl methyl sites for hydroxylation is 1. The Balaban J connectivity index is 1.57. The number of halogens is 1. The molecule has 0 radical (unpaired) electrons. The molecule has 4 rings (SSSR count). The highest BCUT2D eigenvalue weighted by Crippen LogP contribution is 2.42. The van der Waals surface area contributed by atoms with Gasteiger partial charge in [0.25, 0.3) is 5.91 Å². The molecule has 1 saturated carbocycles. The van der Waals surface area contributed by atoms with Crippen molar-refractivity contribution in [2.24, 2.45) is 13.0 Å². The summed E-state index contributed by atoms with van der Waals surface area (Å²) in [7, 11) is 2.07. The fraction of sp³-hybridized carbons (Fsp3) is 0.400. The Kier molecular flexibility index (Phi) is 6.33. The fourth-order valence-electron chi connectivity index (χ4n) is 5.00. The van der Waals surface area contributed by atoms with Crippen molar-refractivity contribution < 1.29 is 9.90 Å². The summed E-state index contributed by atoms with van der Waals surface area (Å²) in [5.74, 6) is 0.729. The second-order valence-electron chi connectivity index (χ2n) is 8.40. The van der Waals surface area contributed by atoms with Gasteiger partial charge in [0, 0.05) is 30.7 Å². The minimum atomic E-state index is -0.230. The highest BCUT2D eigenvalue weighted by molar-refractivity contribution is 6.35. The van der Waals surface area contributed by atoms with Gasteiger partial charge in [0.2, 0.25) is 0 Å². The first-order valence-electron chi connectivity index (χ1n) is 10.9. The molecule has 158 valence electrons. The van der Waals surface area contributed by atoms with E-state index in [1.807, 2.05) is 12.1 Å². The van der Waals surface area contributed by atoms with Crippen LogP contribution >= 0.6 is 11.6 Å². The lowest BCUT2D eigenvalue weighted by Gasteiger charge is -2.30. The average molecular weight is 425 g/mol. The number of aromatic nitrogens is 1. The van der Waals surface area contributed by atoms with Crippen LogP contribution in [-0.2, 0) is 7.05 Å². The molecule has 1 atom stereocenters. The lowest BCUT2D eigenvalue weighted by Crippen LogP contribution is -2.27. The molecule has 1 heterocycles. The SMILES string of the molecule is Cn1cc(C(CCNC(=O)c2ccccc2O)C2CCCCC2)c2c(Cl)cccc21. The first-order valence-corrected chi connectivity index (χ1v) is 11.2. The summed E-state index contributed by atoms with van der Waals surface area (Å²) in [5.41, 5.74) is 2.76. The molecule has 4 nitrogen and oxygen atoms in total. The molecule has 1 aliphatic carbocycles. The number of aromatic hydroxyl groups is 1. The number of fused-ring (bicyclic) bond motifs is 1. The number of phenolic OH excluding ortho intramolecular Hbond substituents is 1. The maximum atomic E-state index is 12.5. The standard InChI is InChI=1S/C25H29ClN2O2/c1-28-16-20(24-21(26)11-7-12-22(24)28)18(17-8-3-2-4-9-17)14-15-27-25(30)19-10-5-6-13-23(19)29/h5-7,10-13,16-18,29H,2-4,8-9,14-15H2,1H3,(H,27,30). The lowest BCUT2D eigenvalue weighted by atomic mass is 9.75. The normalized spacial score (nSPS) is 15.9. The van der Waals surface area contributed by atoms with Gasteiger partial charge in [0.1, 0.15) is 5.75 Å². The van der Waals surface area contributed by atoms with Crippen LogP contribution in [0.3, 0.4) is 0 Å². The molecule has 2 aromatic carbocycles. The van der Waals surface area contributed by atoms with Crippen LogP contribution in [0.15, 0.2) is 48.7 Å². The van der Waals surface area contributed by atoms with E-state index in [4.69, 9.17) is 11.6 Å². The Morgan fingerprint density at radius 3 is 2.70 bits per heavy atom. The number of carbonyl (C=O) groups excluding carboxylic acids is 1. The maximum absolute atomic E-state index is 12.5. The zero-order chi connectivity index (χ0) is 21.1. The summed E-state index contributed by atoms with van der Waals surface area (Å²) in [6, 6.07) is 12.7.